The SMILES string of the molecule is COCCNS(=O)(=O)c1ccc2c(c1)CCN2C(=O)c1ccccc1. The van der Waals surface area contributed by atoms with Gasteiger partial charge in [-0.05, 0) is 42.3 Å². The quantitative estimate of drug-likeness (QED) is 0.797. The van der Waals surface area contributed by atoms with Gasteiger partial charge in [-0.3, -0.25) is 4.79 Å². The number of hydrogen-bond acceptors (Lipinski definition) is 4. The van der Waals surface area contributed by atoms with Crippen molar-refractivity contribution in [3.8, 4) is 0 Å². The van der Waals surface area contributed by atoms with Crippen molar-refractivity contribution >= 4 is 21.6 Å². The molecule has 0 fully saturated rings. The molecule has 1 aliphatic rings. The lowest BCUT2D eigenvalue weighted by Gasteiger charge is -2.17. The Morgan fingerprint density at radius 3 is 2.68 bits per heavy atom. The summed E-state index contributed by atoms with van der Waals surface area (Å²) >= 11 is 0. The van der Waals surface area contributed by atoms with E-state index < -0.39 is 10.0 Å². The van der Waals surface area contributed by atoms with Crippen LogP contribution in [0.3, 0.4) is 0 Å². The third-order valence-electron chi connectivity index (χ3n) is 4.12. The van der Waals surface area contributed by atoms with Gasteiger partial charge in [-0.2, -0.15) is 0 Å². The molecule has 0 spiro atoms. The molecule has 0 saturated carbocycles. The minimum Gasteiger partial charge on any atom is -0.383 e. The number of fused-ring (bicyclic) bond motifs is 1. The number of amides is 1. The first kappa shape index (κ1) is 17.6. The highest BCUT2D eigenvalue weighted by Crippen LogP contribution is 2.31. The van der Waals surface area contributed by atoms with Gasteiger partial charge in [0.05, 0.1) is 11.5 Å². The second kappa shape index (κ2) is 7.35. The fraction of sp³-hybridized carbons (Fsp3) is 0.278. The second-order valence-electron chi connectivity index (χ2n) is 5.75. The van der Waals surface area contributed by atoms with E-state index in [2.05, 4.69) is 4.72 Å². The summed E-state index contributed by atoms with van der Waals surface area (Å²) in [5, 5.41) is 0. The van der Waals surface area contributed by atoms with Gasteiger partial charge in [0, 0.05) is 31.5 Å². The molecule has 1 heterocycles. The molecule has 0 aromatic heterocycles. The molecule has 2 aromatic rings. The fourth-order valence-electron chi connectivity index (χ4n) is 2.85. The minimum atomic E-state index is -3.58. The first-order valence-electron chi connectivity index (χ1n) is 8.01. The molecular formula is C18H20N2O4S. The van der Waals surface area contributed by atoms with Crippen LogP contribution in [0.15, 0.2) is 53.4 Å². The molecule has 0 bridgehead atoms. The predicted molar refractivity (Wildman–Crippen MR) is 95.3 cm³/mol. The van der Waals surface area contributed by atoms with Crippen molar-refractivity contribution in [1.29, 1.82) is 0 Å². The molecule has 1 N–H and O–H groups in total. The van der Waals surface area contributed by atoms with Crippen molar-refractivity contribution in [1.82, 2.24) is 4.72 Å². The maximum Gasteiger partial charge on any atom is 0.258 e. The number of carbonyl (C=O) groups excluding carboxylic acids is 1. The summed E-state index contributed by atoms with van der Waals surface area (Å²) in [7, 11) is -2.06. The molecule has 2 aromatic carbocycles. The Hall–Kier alpha value is -2.22. The number of rotatable bonds is 6. The Bertz CT molecular complexity index is 866. The van der Waals surface area contributed by atoms with Crippen LogP contribution in [0.2, 0.25) is 0 Å². The van der Waals surface area contributed by atoms with Crippen LogP contribution in [0.25, 0.3) is 0 Å². The molecular weight excluding hydrogens is 340 g/mol. The topological polar surface area (TPSA) is 75.7 Å². The molecule has 0 unspecified atom stereocenters. The van der Waals surface area contributed by atoms with Crippen LogP contribution >= 0.6 is 0 Å². The Morgan fingerprint density at radius 1 is 1.20 bits per heavy atom. The van der Waals surface area contributed by atoms with Crippen LogP contribution in [0.1, 0.15) is 15.9 Å². The highest BCUT2D eigenvalue weighted by Gasteiger charge is 2.27. The Morgan fingerprint density at radius 2 is 1.96 bits per heavy atom. The van der Waals surface area contributed by atoms with Crippen molar-refractivity contribution in [3.05, 3.63) is 59.7 Å². The summed E-state index contributed by atoms with van der Waals surface area (Å²) < 4.78 is 31.9. The summed E-state index contributed by atoms with van der Waals surface area (Å²) in [6, 6.07) is 13.9. The highest BCUT2D eigenvalue weighted by atomic mass is 32.2. The molecule has 0 saturated heterocycles. The van der Waals surface area contributed by atoms with Gasteiger partial charge in [-0.1, -0.05) is 18.2 Å². The monoisotopic (exact) mass is 360 g/mol. The number of nitrogens with zero attached hydrogens (tertiary/aromatic N) is 1. The van der Waals surface area contributed by atoms with Crippen LogP contribution in [0.4, 0.5) is 5.69 Å². The van der Waals surface area contributed by atoms with Crippen molar-refractivity contribution in [2.75, 3.05) is 31.7 Å². The molecule has 7 heteroatoms. The fourth-order valence-corrected chi connectivity index (χ4v) is 3.92. The molecule has 0 radical (unpaired) electrons. The van der Waals surface area contributed by atoms with Gasteiger partial charge in [-0.15, -0.1) is 0 Å². The average molecular weight is 360 g/mol. The van der Waals surface area contributed by atoms with E-state index in [9.17, 15) is 13.2 Å². The summed E-state index contributed by atoms with van der Waals surface area (Å²) in [4.78, 5) is 14.5. The molecule has 132 valence electrons. The number of carbonyl (C=O) groups is 1. The lowest BCUT2D eigenvalue weighted by molar-refractivity contribution is 0.0989. The van der Waals surface area contributed by atoms with Crippen molar-refractivity contribution in [2.24, 2.45) is 0 Å². The largest absolute Gasteiger partial charge is 0.383 e. The number of methoxy groups -OCH3 is 1. The van der Waals surface area contributed by atoms with Crippen LogP contribution in [-0.4, -0.2) is 41.1 Å². The van der Waals surface area contributed by atoms with Gasteiger partial charge < -0.3 is 9.64 Å². The normalized spacial score (nSPS) is 13.7. The Balaban J connectivity index is 1.82. The van der Waals surface area contributed by atoms with Crippen molar-refractivity contribution in [3.63, 3.8) is 0 Å². The van der Waals surface area contributed by atoms with Crippen LogP contribution in [-0.2, 0) is 21.2 Å². The average Bonchev–Trinajstić information content (AvgIpc) is 3.05. The molecule has 6 nitrogen and oxygen atoms in total. The second-order valence-corrected chi connectivity index (χ2v) is 7.52. The third-order valence-corrected chi connectivity index (χ3v) is 5.58. The number of anilines is 1. The van der Waals surface area contributed by atoms with Crippen molar-refractivity contribution in [2.45, 2.75) is 11.3 Å². The van der Waals surface area contributed by atoms with Gasteiger partial charge >= 0.3 is 0 Å². The van der Waals surface area contributed by atoms with Gasteiger partial charge in [0.2, 0.25) is 10.0 Å². The van der Waals surface area contributed by atoms with Crippen LogP contribution in [0.5, 0.6) is 0 Å². The predicted octanol–water partition coefficient (Wildman–Crippen LogP) is 1.81. The molecule has 1 aliphatic heterocycles. The van der Waals surface area contributed by atoms with E-state index in [1.165, 1.54) is 13.2 Å². The van der Waals surface area contributed by atoms with Gasteiger partial charge in [0.25, 0.3) is 5.91 Å². The number of benzene rings is 2. The summed E-state index contributed by atoms with van der Waals surface area (Å²) in [6.45, 7) is 1.07. The lowest BCUT2D eigenvalue weighted by atomic mass is 10.1. The third kappa shape index (κ3) is 3.73. The van der Waals surface area contributed by atoms with Crippen LogP contribution < -0.4 is 9.62 Å². The smallest absolute Gasteiger partial charge is 0.258 e. The summed E-state index contributed by atoms with van der Waals surface area (Å²) in [6.07, 6.45) is 0.634. The molecule has 1 amide bonds. The zero-order valence-electron chi connectivity index (χ0n) is 13.9. The van der Waals surface area contributed by atoms with E-state index in [-0.39, 0.29) is 17.3 Å². The maximum atomic E-state index is 12.6. The van der Waals surface area contributed by atoms with E-state index in [0.29, 0.717) is 25.1 Å². The number of sulfonamides is 1. The molecule has 3 rings (SSSR count). The van der Waals surface area contributed by atoms with Gasteiger partial charge in [-0.25, -0.2) is 13.1 Å². The molecule has 25 heavy (non-hydrogen) atoms. The standard InChI is InChI=1S/C18H20N2O4S/c1-24-12-10-19-25(22,23)16-7-8-17-15(13-16)9-11-20(17)18(21)14-5-3-2-4-6-14/h2-8,13,19H,9-12H2,1H3. The number of ether oxygens (including phenoxy) is 1. The lowest BCUT2D eigenvalue weighted by Crippen LogP contribution is -2.29. The van der Waals surface area contributed by atoms with E-state index in [0.717, 1.165) is 11.3 Å². The van der Waals surface area contributed by atoms with Gasteiger partial charge in [0.1, 0.15) is 0 Å². The number of nitrogens with one attached hydrogen (secondary N) is 1. The minimum absolute atomic E-state index is 0.0758. The van der Waals surface area contributed by atoms with E-state index in [4.69, 9.17) is 4.74 Å². The maximum absolute atomic E-state index is 12.6. The zero-order valence-corrected chi connectivity index (χ0v) is 14.8. The summed E-state index contributed by atoms with van der Waals surface area (Å²) in [5.74, 6) is -0.0758. The molecule has 0 atom stereocenters. The van der Waals surface area contributed by atoms with E-state index >= 15 is 0 Å². The van der Waals surface area contributed by atoms with E-state index in [1.54, 1.807) is 29.2 Å². The van der Waals surface area contributed by atoms with Crippen molar-refractivity contribution < 1.29 is 17.9 Å². The Labute approximate surface area is 147 Å². The zero-order chi connectivity index (χ0) is 17.9. The first-order chi connectivity index (χ1) is 12.0. The first-order valence-corrected chi connectivity index (χ1v) is 9.50. The number of hydrogen-bond donors (Lipinski definition) is 1. The van der Waals surface area contributed by atoms with Gasteiger partial charge in [0.15, 0.2) is 0 Å². The highest BCUT2D eigenvalue weighted by molar-refractivity contribution is 7.89. The van der Waals surface area contributed by atoms with E-state index in [1.807, 2.05) is 18.2 Å². The Kier molecular flexibility index (Phi) is 5.17. The summed E-state index contributed by atoms with van der Waals surface area (Å²) in [5.41, 5.74) is 2.25. The van der Waals surface area contributed by atoms with Crippen LogP contribution in [0, 0.1) is 0 Å². The molecule has 0 aliphatic carbocycles.